The maximum Gasteiger partial charge on any atom is 0.187 e. The minimum absolute atomic E-state index is 0.625. The fraction of sp³-hybridized carbons (Fsp3) is 0. The number of hydrogen-bond donors (Lipinski definition) is 0. The molecule has 0 bridgehead atoms. The largest absolute Gasteiger partial charge is 0.238 e. The lowest BCUT2D eigenvalue weighted by molar-refractivity contribution is 1.48. The van der Waals surface area contributed by atoms with Crippen molar-refractivity contribution in [1.29, 1.82) is 10.5 Å². The Bertz CT molecular complexity index is 2600. The molecule has 0 amide bonds. The van der Waals surface area contributed by atoms with E-state index in [4.69, 9.17) is 6.57 Å². The second-order valence-electron chi connectivity index (χ2n) is 10.6. The van der Waals surface area contributed by atoms with Crippen molar-refractivity contribution in [1.82, 2.24) is 0 Å². The number of rotatable bonds is 3. The van der Waals surface area contributed by atoms with Crippen LogP contribution in [-0.2, 0) is 0 Å². The summed E-state index contributed by atoms with van der Waals surface area (Å²) in [6, 6.07) is 43.6. The Hall–Kier alpha value is -5.77. The van der Waals surface area contributed by atoms with Crippen LogP contribution in [0.5, 0.6) is 0 Å². The van der Waals surface area contributed by atoms with Gasteiger partial charge in [0.1, 0.15) is 0 Å². The zero-order chi connectivity index (χ0) is 29.8. The molecule has 5 heteroatoms. The molecule has 8 rings (SSSR count). The van der Waals surface area contributed by atoms with Gasteiger partial charge in [0.2, 0.25) is 0 Å². The van der Waals surface area contributed by atoms with Crippen LogP contribution in [0.4, 0.5) is 5.69 Å². The predicted molar refractivity (Wildman–Crippen MR) is 184 cm³/mol. The molecule has 0 aliphatic carbocycles. The van der Waals surface area contributed by atoms with E-state index in [1.54, 1.807) is 22.7 Å². The lowest BCUT2D eigenvalue weighted by Crippen LogP contribution is -1.89. The highest BCUT2D eigenvalue weighted by molar-refractivity contribution is 7.26. The zero-order valence-corrected chi connectivity index (χ0v) is 24.8. The highest BCUT2D eigenvalue weighted by Gasteiger charge is 2.17. The number of fused-ring (bicyclic) bond motifs is 6. The van der Waals surface area contributed by atoms with Crippen LogP contribution in [0.25, 0.3) is 78.6 Å². The van der Waals surface area contributed by atoms with Crippen LogP contribution in [-0.4, -0.2) is 0 Å². The van der Waals surface area contributed by atoms with Gasteiger partial charge >= 0.3 is 0 Å². The van der Waals surface area contributed by atoms with Crippen molar-refractivity contribution in [2.24, 2.45) is 0 Å². The van der Waals surface area contributed by atoms with Gasteiger partial charge in [-0.1, -0.05) is 60.7 Å². The molecule has 202 valence electrons. The molecule has 2 heterocycles. The molecule has 44 heavy (non-hydrogen) atoms. The molecule has 2 aromatic heterocycles. The van der Waals surface area contributed by atoms with E-state index in [9.17, 15) is 10.5 Å². The van der Waals surface area contributed by atoms with Crippen molar-refractivity contribution >= 4 is 68.7 Å². The molecule has 8 aromatic rings. The minimum Gasteiger partial charge on any atom is -0.238 e. The zero-order valence-electron chi connectivity index (χ0n) is 23.1. The lowest BCUT2D eigenvalue weighted by atomic mass is 9.90. The van der Waals surface area contributed by atoms with E-state index < -0.39 is 0 Å². The van der Waals surface area contributed by atoms with Gasteiger partial charge in [-0.15, -0.1) is 22.7 Å². The van der Waals surface area contributed by atoms with E-state index in [2.05, 4.69) is 71.6 Å². The maximum absolute atomic E-state index is 10.0. The first-order chi connectivity index (χ1) is 21.6. The topological polar surface area (TPSA) is 51.9 Å². The first-order valence-electron chi connectivity index (χ1n) is 14.0. The second kappa shape index (κ2) is 10.2. The van der Waals surface area contributed by atoms with Gasteiger partial charge in [-0.3, -0.25) is 0 Å². The quantitative estimate of drug-likeness (QED) is 0.191. The molecule has 0 fully saturated rings. The van der Waals surface area contributed by atoms with Crippen molar-refractivity contribution in [3.05, 3.63) is 138 Å². The fourth-order valence-corrected chi connectivity index (χ4v) is 8.48. The van der Waals surface area contributed by atoms with E-state index in [-0.39, 0.29) is 0 Å². The highest BCUT2D eigenvalue weighted by atomic mass is 32.1. The van der Waals surface area contributed by atoms with Gasteiger partial charge in [0, 0.05) is 35.0 Å². The second-order valence-corrected chi connectivity index (χ2v) is 12.8. The summed E-state index contributed by atoms with van der Waals surface area (Å²) in [6.07, 6.45) is 0. The average molecular weight is 594 g/mol. The van der Waals surface area contributed by atoms with E-state index >= 15 is 0 Å². The van der Waals surface area contributed by atoms with Crippen LogP contribution < -0.4 is 0 Å². The van der Waals surface area contributed by atoms with Crippen molar-refractivity contribution < 1.29 is 0 Å². The highest BCUT2D eigenvalue weighted by Crippen LogP contribution is 2.45. The molecule has 3 nitrogen and oxygen atoms in total. The summed E-state index contributed by atoms with van der Waals surface area (Å²) >= 11 is 3.47. The Morgan fingerprint density at radius 3 is 2.07 bits per heavy atom. The monoisotopic (exact) mass is 593 g/mol. The average Bonchev–Trinajstić information content (AvgIpc) is 3.65. The molecule has 0 saturated carbocycles. The lowest BCUT2D eigenvalue weighted by Gasteiger charge is -2.14. The molecule has 0 spiro atoms. The van der Waals surface area contributed by atoms with Crippen molar-refractivity contribution in [3.8, 4) is 45.5 Å². The van der Waals surface area contributed by atoms with Crippen LogP contribution >= 0.6 is 22.7 Å². The summed E-state index contributed by atoms with van der Waals surface area (Å²) in [5, 5.41) is 24.0. The Morgan fingerprint density at radius 2 is 1.25 bits per heavy atom. The Morgan fingerprint density at radius 1 is 0.545 bits per heavy atom. The summed E-state index contributed by atoms with van der Waals surface area (Å²) < 4.78 is 4.62. The number of benzene rings is 6. The van der Waals surface area contributed by atoms with Crippen LogP contribution in [0.3, 0.4) is 0 Å². The number of thiophene rings is 2. The number of hydrogen-bond acceptors (Lipinski definition) is 4. The normalized spacial score (nSPS) is 11.1. The predicted octanol–water partition coefficient (Wildman–Crippen LogP) is 11.7. The van der Waals surface area contributed by atoms with Gasteiger partial charge in [0.25, 0.3) is 0 Å². The molecule has 0 aliphatic rings. The van der Waals surface area contributed by atoms with Crippen molar-refractivity contribution in [2.75, 3.05) is 0 Å². The smallest absolute Gasteiger partial charge is 0.187 e. The Labute approximate surface area is 261 Å². The van der Waals surface area contributed by atoms with Gasteiger partial charge < -0.3 is 0 Å². The first-order valence-corrected chi connectivity index (χ1v) is 15.6. The summed E-state index contributed by atoms with van der Waals surface area (Å²) in [7, 11) is 0. The third-order valence-electron chi connectivity index (χ3n) is 8.15. The molecule has 0 aliphatic heterocycles. The summed E-state index contributed by atoms with van der Waals surface area (Å²) in [6.45, 7) is 7.60. The summed E-state index contributed by atoms with van der Waals surface area (Å²) in [5.74, 6) is 0. The minimum atomic E-state index is 0.625. The molecule has 0 radical (unpaired) electrons. The Balaban J connectivity index is 1.45. The third-order valence-corrected chi connectivity index (χ3v) is 10.5. The van der Waals surface area contributed by atoms with Gasteiger partial charge in [-0.05, 0) is 93.4 Å². The van der Waals surface area contributed by atoms with Crippen LogP contribution in [0.2, 0.25) is 0 Å². The molecule has 0 unspecified atom stereocenters. The molecule has 0 saturated heterocycles. The van der Waals surface area contributed by atoms with E-state index in [0.29, 0.717) is 16.8 Å². The van der Waals surface area contributed by atoms with Crippen molar-refractivity contribution in [2.45, 2.75) is 0 Å². The standard InChI is InChI=1S/C39H19N3S2/c1-42-28-13-15-36-34(20-28)38-30(8-5-11-37(38)43-36)26-17-25(29-7-3-2-6-24(29)22-41)18-27(19-26)31-9-4-10-32-33-16-23(21-40)12-14-35(33)44-39(31)32/h2-20H. The van der Waals surface area contributed by atoms with Crippen LogP contribution in [0.15, 0.2) is 115 Å². The van der Waals surface area contributed by atoms with Gasteiger partial charge in [-0.25, -0.2) is 4.85 Å². The molecular weight excluding hydrogens is 575 g/mol. The third kappa shape index (κ3) is 4.06. The molecule has 6 aromatic carbocycles. The fourth-order valence-electron chi connectivity index (χ4n) is 6.15. The first kappa shape index (κ1) is 25.9. The van der Waals surface area contributed by atoms with E-state index in [0.717, 1.165) is 69.0 Å². The van der Waals surface area contributed by atoms with Crippen LogP contribution in [0.1, 0.15) is 11.1 Å². The number of nitrogens with zero attached hydrogens (tertiary/aromatic N) is 3. The summed E-state index contributed by atoms with van der Waals surface area (Å²) in [5.41, 5.74) is 8.07. The van der Waals surface area contributed by atoms with Gasteiger partial charge in [-0.2, -0.15) is 10.5 Å². The molecular formula is C39H19N3S2. The van der Waals surface area contributed by atoms with E-state index in [1.165, 1.54) is 4.70 Å². The van der Waals surface area contributed by atoms with Crippen LogP contribution in [0, 0.1) is 29.2 Å². The van der Waals surface area contributed by atoms with E-state index in [1.807, 2.05) is 60.7 Å². The molecule has 0 atom stereocenters. The molecule has 0 N–H and O–H groups in total. The van der Waals surface area contributed by atoms with Crippen molar-refractivity contribution in [3.63, 3.8) is 0 Å². The maximum atomic E-state index is 10.0. The summed E-state index contributed by atoms with van der Waals surface area (Å²) in [4.78, 5) is 3.70. The SMILES string of the molecule is [C-]#[N+]c1ccc2sc3cccc(-c4cc(-c5ccccc5C#N)cc(-c5cccc6c5sc5ccc(C#N)cc56)c4)c3c2c1. The van der Waals surface area contributed by atoms with Gasteiger partial charge in [0.15, 0.2) is 5.69 Å². The number of nitriles is 2. The van der Waals surface area contributed by atoms with Gasteiger partial charge in [0.05, 0.1) is 29.8 Å². The Kier molecular flexibility index (Phi) is 6.00.